The molecule has 0 heterocycles. The number of hydrogen-bond acceptors (Lipinski definition) is 5. The first-order chi connectivity index (χ1) is 9.97. The van der Waals surface area contributed by atoms with Crippen LogP contribution in [0.5, 0.6) is 5.75 Å². The van der Waals surface area contributed by atoms with Crippen molar-refractivity contribution in [2.45, 2.75) is 18.9 Å². The number of benzene rings is 1. The van der Waals surface area contributed by atoms with Crippen LogP contribution in [-0.4, -0.2) is 34.6 Å². The Bertz CT molecular complexity index is 552. The van der Waals surface area contributed by atoms with Gasteiger partial charge in [0.15, 0.2) is 6.61 Å². The van der Waals surface area contributed by atoms with Crippen molar-refractivity contribution < 1.29 is 24.4 Å². The molecule has 1 aromatic rings. The maximum absolute atomic E-state index is 11.6. The van der Waals surface area contributed by atoms with Crippen LogP contribution in [0, 0.1) is 16.0 Å². The zero-order valence-corrected chi connectivity index (χ0v) is 11.0. The third kappa shape index (κ3) is 4.16. The van der Waals surface area contributed by atoms with Crippen LogP contribution < -0.4 is 10.1 Å². The topological polar surface area (TPSA) is 119 Å². The van der Waals surface area contributed by atoms with Crippen LogP contribution in [0.4, 0.5) is 5.69 Å². The summed E-state index contributed by atoms with van der Waals surface area (Å²) in [4.78, 5) is 32.5. The molecule has 1 aromatic carbocycles. The molecule has 1 aliphatic rings. The molecule has 1 saturated carbocycles. The average molecular weight is 294 g/mol. The van der Waals surface area contributed by atoms with E-state index in [1.807, 2.05) is 0 Å². The number of carboxylic acids is 1. The number of amides is 1. The zero-order valence-electron chi connectivity index (χ0n) is 11.0. The summed E-state index contributed by atoms with van der Waals surface area (Å²) in [7, 11) is 0. The van der Waals surface area contributed by atoms with E-state index in [2.05, 4.69) is 5.32 Å². The molecule has 8 heteroatoms. The number of carbonyl (C=O) groups is 2. The molecule has 2 rings (SSSR count). The molecule has 21 heavy (non-hydrogen) atoms. The lowest BCUT2D eigenvalue weighted by atomic mass is 10.2. The summed E-state index contributed by atoms with van der Waals surface area (Å²) in [5, 5.41) is 21.9. The maximum Gasteiger partial charge on any atom is 0.326 e. The van der Waals surface area contributed by atoms with Gasteiger partial charge in [0.2, 0.25) is 0 Å². The maximum atomic E-state index is 11.6. The number of aliphatic carboxylic acids is 1. The minimum Gasteiger partial charge on any atom is -0.484 e. The second kappa shape index (κ2) is 6.21. The Morgan fingerprint density at radius 1 is 1.38 bits per heavy atom. The molecule has 1 aliphatic carbocycles. The monoisotopic (exact) mass is 294 g/mol. The first-order valence-corrected chi connectivity index (χ1v) is 6.37. The van der Waals surface area contributed by atoms with Gasteiger partial charge in [-0.15, -0.1) is 0 Å². The van der Waals surface area contributed by atoms with E-state index in [9.17, 15) is 19.7 Å². The van der Waals surface area contributed by atoms with Crippen LogP contribution in [0.1, 0.15) is 12.8 Å². The molecule has 1 atom stereocenters. The molecular weight excluding hydrogens is 280 g/mol. The van der Waals surface area contributed by atoms with Gasteiger partial charge in [-0.1, -0.05) is 0 Å². The van der Waals surface area contributed by atoms with Crippen molar-refractivity contribution in [3.05, 3.63) is 34.4 Å². The van der Waals surface area contributed by atoms with Gasteiger partial charge in [-0.2, -0.15) is 0 Å². The Morgan fingerprint density at radius 2 is 2.00 bits per heavy atom. The first kappa shape index (κ1) is 14.8. The molecule has 0 spiro atoms. The Labute approximate surface area is 119 Å². The lowest BCUT2D eigenvalue weighted by molar-refractivity contribution is -0.384. The van der Waals surface area contributed by atoms with E-state index in [0.717, 1.165) is 12.8 Å². The highest BCUT2D eigenvalue weighted by Gasteiger charge is 2.37. The summed E-state index contributed by atoms with van der Waals surface area (Å²) in [5.74, 6) is -1.30. The van der Waals surface area contributed by atoms with Crippen molar-refractivity contribution >= 4 is 17.6 Å². The van der Waals surface area contributed by atoms with Crippen molar-refractivity contribution in [3.63, 3.8) is 0 Å². The standard InChI is InChI=1S/C13H14N2O6/c16-11(14-12(13(17)18)8-1-2-8)7-21-10-5-3-9(4-6-10)15(19)20/h3-6,8,12H,1-2,7H2,(H,14,16)(H,17,18). The van der Waals surface area contributed by atoms with Crippen LogP contribution in [0.2, 0.25) is 0 Å². The highest BCUT2D eigenvalue weighted by Crippen LogP contribution is 2.32. The van der Waals surface area contributed by atoms with Gasteiger partial charge in [0.1, 0.15) is 11.8 Å². The molecule has 1 fully saturated rings. The summed E-state index contributed by atoms with van der Waals surface area (Å²) in [6.45, 7) is -0.339. The minimum absolute atomic E-state index is 0.00850. The molecule has 2 N–H and O–H groups in total. The van der Waals surface area contributed by atoms with Gasteiger partial charge in [-0.05, 0) is 30.9 Å². The number of rotatable bonds is 7. The molecule has 112 valence electrons. The number of nitrogens with zero attached hydrogens (tertiary/aromatic N) is 1. The zero-order chi connectivity index (χ0) is 15.4. The molecule has 0 aliphatic heterocycles. The van der Waals surface area contributed by atoms with E-state index in [1.54, 1.807) is 0 Å². The summed E-state index contributed by atoms with van der Waals surface area (Å²) >= 11 is 0. The predicted octanol–water partition coefficient (Wildman–Crippen LogP) is 0.953. The molecule has 1 unspecified atom stereocenters. The number of ether oxygens (including phenoxy) is 1. The van der Waals surface area contributed by atoms with Crippen molar-refractivity contribution in [3.8, 4) is 5.75 Å². The van der Waals surface area contributed by atoms with Gasteiger partial charge in [-0.3, -0.25) is 14.9 Å². The van der Waals surface area contributed by atoms with Crippen molar-refractivity contribution in [2.24, 2.45) is 5.92 Å². The molecule has 1 amide bonds. The van der Waals surface area contributed by atoms with Gasteiger partial charge in [-0.25, -0.2) is 4.79 Å². The Hall–Kier alpha value is -2.64. The lowest BCUT2D eigenvalue weighted by Gasteiger charge is -2.13. The number of nitrogens with one attached hydrogen (secondary N) is 1. The fourth-order valence-corrected chi connectivity index (χ4v) is 1.84. The van der Waals surface area contributed by atoms with Gasteiger partial charge in [0, 0.05) is 12.1 Å². The minimum atomic E-state index is -1.05. The van der Waals surface area contributed by atoms with E-state index < -0.39 is 22.8 Å². The van der Waals surface area contributed by atoms with Crippen LogP contribution in [-0.2, 0) is 9.59 Å². The number of nitro groups is 1. The van der Waals surface area contributed by atoms with Crippen LogP contribution >= 0.6 is 0 Å². The van der Waals surface area contributed by atoms with Gasteiger partial charge in [0.05, 0.1) is 4.92 Å². The predicted molar refractivity (Wildman–Crippen MR) is 70.9 cm³/mol. The van der Waals surface area contributed by atoms with Crippen LogP contribution in [0.15, 0.2) is 24.3 Å². The SMILES string of the molecule is O=C(COc1ccc([N+](=O)[O-])cc1)NC(C(=O)O)C1CC1. The van der Waals surface area contributed by atoms with Crippen molar-refractivity contribution in [2.75, 3.05) is 6.61 Å². The van der Waals surface area contributed by atoms with E-state index in [4.69, 9.17) is 9.84 Å². The third-order valence-corrected chi connectivity index (χ3v) is 3.09. The second-order valence-corrected chi connectivity index (χ2v) is 4.76. The fraction of sp³-hybridized carbons (Fsp3) is 0.385. The highest BCUT2D eigenvalue weighted by molar-refractivity contribution is 5.84. The van der Waals surface area contributed by atoms with E-state index >= 15 is 0 Å². The molecule has 8 nitrogen and oxygen atoms in total. The summed E-state index contributed by atoms with van der Waals surface area (Å²) in [6, 6.07) is 4.40. The quantitative estimate of drug-likeness (QED) is 0.571. The van der Waals surface area contributed by atoms with E-state index in [0.29, 0.717) is 5.75 Å². The largest absolute Gasteiger partial charge is 0.484 e. The fourth-order valence-electron chi connectivity index (χ4n) is 1.84. The second-order valence-electron chi connectivity index (χ2n) is 4.76. The third-order valence-electron chi connectivity index (χ3n) is 3.09. The summed E-state index contributed by atoms with van der Waals surface area (Å²) < 4.78 is 5.16. The smallest absolute Gasteiger partial charge is 0.326 e. The van der Waals surface area contributed by atoms with Crippen molar-refractivity contribution in [1.82, 2.24) is 5.32 Å². The molecular formula is C13H14N2O6. The molecule has 0 radical (unpaired) electrons. The number of hydrogen-bond donors (Lipinski definition) is 2. The number of carbonyl (C=O) groups excluding carboxylic acids is 1. The summed E-state index contributed by atoms with van der Waals surface area (Å²) in [6.07, 6.45) is 1.58. The Kier molecular flexibility index (Phi) is 4.36. The Morgan fingerprint density at radius 3 is 2.48 bits per heavy atom. The van der Waals surface area contributed by atoms with E-state index in [-0.39, 0.29) is 18.2 Å². The molecule has 0 bridgehead atoms. The van der Waals surface area contributed by atoms with Gasteiger partial charge < -0.3 is 15.2 Å². The highest BCUT2D eigenvalue weighted by atomic mass is 16.6. The first-order valence-electron chi connectivity index (χ1n) is 6.37. The summed E-state index contributed by atoms with van der Waals surface area (Å²) in [5.41, 5.74) is -0.0773. The van der Waals surface area contributed by atoms with Crippen LogP contribution in [0.25, 0.3) is 0 Å². The van der Waals surface area contributed by atoms with Crippen LogP contribution in [0.3, 0.4) is 0 Å². The van der Waals surface area contributed by atoms with Gasteiger partial charge in [0.25, 0.3) is 11.6 Å². The van der Waals surface area contributed by atoms with Gasteiger partial charge >= 0.3 is 5.97 Å². The normalized spacial score (nSPS) is 15.0. The van der Waals surface area contributed by atoms with Crippen molar-refractivity contribution in [1.29, 1.82) is 0 Å². The lowest BCUT2D eigenvalue weighted by Crippen LogP contribution is -2.44. The molecule has 0 aromatic heterocycles. The molecule has 0 saturated heterocycles. The number of non-ortho nitro benzene ring substituents is 1. The average Bonchev–Trinajstić information content (AvgIpc) is 3.27. The Balaban J connectivity index is 1.83. The number of carboxylic acid groups (broad SMARTS) is 1. The van der Waals surface area contributed by atoms with E-state index in [1.165, 1.54) is 24.3 Å². The number of nitro benzene ring substituents is 1.